The van der Waals surface area contributed by atoms with E-state index in [0.29, 0.717) is 13.2 Å². The zero-order valence-electron chi connectivity index (χ0n) is 18.3. The van der Waals surface area contributed by atoms with Crippen LogP contribution in [0.1, 0.15) is 37.9 Å². The van der Waals surface area contributed by atoms with Crippen LogP contribution in [0.2, 0.25) is 0 Å². The minimum absolute atomic E-state index is 0.281. The van der Waals surface area contributed by atoms with E-state index in [-0.39, 0.29) is 12.6 Å². The Morgan fingerprint density at radius 3 is 2.45 bits per heavy atom. The first-order valence-electron chi connectivity index (χ1n) is 10.5. The van der Waals surface area contributed by atoms with Gasteiger partial charge < -0.3 is 19.3 Å². The molecule has 0 aromatic heterocycles. The largest absolute Gasteiger partial charge is 0.444 e. The predicted octanol–water partition coefficient (Wildman–Crippen LogP) is 4.46. The minimum Gasteiger partial charge on any atom is -0.444 e. The van der Waals surface area contributed by atoms with Gasteiger partial charge in [-0.2, -0.15) is 0 Å². The molecule has 1 saturated heterocycles. The van der Waals surface area contributed by atoms with Crippen LogP contribution >= 0.6 is 0 Å². The molecule has 0 radical (unpaired) electrons. The van der Waals surface area contributed by atoms with Crippen molar-refractivity contribution in [2.45, 2.75) is 51.4 Å². The number of aliphatic hydroxyl groups excluding tert-OH is 1. The molecule has 1 fully saturated rings. The lowest BCUT2D eigenvalue weighted by Crippen LogP contribution is -2.46. The Bertz CT molecular complexity index is 847. The third-order valence-corrected chi connectivity index (χ3v) is 4.77. The maximum absolute atomic E-state index is 13.0. The zero-order valence-corrected chi connectivity index (χ0v) is 18.3. The topological polar surface area (TPSA) is 68.2 Å². The molecule has 1 unspecified atom stereocenters. The summed E-state index contributed by atoms with van der Waals surface area (Å²) in [5.41, 5.74) is 1.35. The molecule has 1 heterocycles. The van der Waals surface area contributed by atoms with Crippen LogP contribution < -0.4 is 0 Å². The molecule has 0 saturated carbocycles. The number of carbonyl (C=O) groups is 1. The molecule has 0 aliphatic carbocycles. The molecule has 166 valence electrons. The van der Waals surface area contributed by atoms with Crippen molar-refractivity contribution in [3.8, 4) is 0 Å². The number of hydrogen-bond acceptors (Lipinski definition) is 5. The van der Waals surface area contributed by atoms with E-state index in [2.05, 4.69) is 0 Å². The summed E-state index contributed by atoms with van der Waals surface area (Å²) in [6.07, 6.45) is 0.962. The maximum atomic E-state index is 13.0. The van der Waals surface area contributed by atoms with Crippen molar-refractivity contribution in [3.05, 3.63) is 83.9 Å². The third kappa shape index (κ3) is 6.66. The highest BCUT2D eigenvalue weighted by molar-refractivity contribution is 5.69. The van der Waals surface area contributed by atoms with Crippen molar-refractivity contribution in [1.29, 1.82) is 0 Å². The summed E-state index contributed by atoms with van der Waals surface area (Å²) >= 11 is 0. The molecule has 1 amide bonds. The van der Waals surface area contributed by atoms with Crippen LogP contribution in [0.5, 0.6) is 0 Å². The number of rotatable bonds is 7. The van der Waals surface area contributed by atoms with Gasteiger partial charge in [0.2, 0.25) is 0 Å². The van der Waals surface area contributed by atoms with Crippen LogP contribution in [-0.4, -0.2) is 47.2 Å². The summed E-state index contributed by atoms with van der Waals surface area (Å²) in [4.78, 5) is 14.4. The number of benzene rings is 2. The lowest BCUT2D eigenvalue weighted by molar-refractivity contribution is -0.0550. The molecular formula is C25H31NO5. The molecule has 31 heavy (non-hydrogen) atoms. The normalized spacial score (nSPS) is 20.2. The molecule has 3 atom stereocenters. The number of ether oxygens (including phenoxy) is 3. The van der Waals surface area contributed by atoms with Crippen LogP contribution in [0.15, 0.2) is 72.8 Å². The van der Waals surface area contributed by atoms with Crippen molar-refractivity contribution in [3.63, 3.8) is 0 Å². The monoisotopic (exact) mass is 425 g/mol. The van der Waals surface area contributed by atoms with Crippen molar-refractivity contribution in [1.82, 2.24) is 4.90 Å². The van der Waals surface area contributed by atoms with E-state index in [4.69, 9.17) is 14.2 Å². The molecule has 3 rings (SSSR count). The van der Waals surface area contributed by atoms with Crippen LogP contribution in [0, 0.1) is 0 Å². The van der Waals surface area contributed by atoms with Gasteiger partial charge in [-0.1, -0.05) is 72.8 Å². The molecule has 6 heteroatoms. The fourth-order valence-electron chi connectivity index (χ4n) is 3.38. The fraction of sp³-hybridized carbons (Fsp3) is 0.400. The van der Waals surface area contributed by atoms with Gasteiger partial charge in [0.1, 0.15) is 11.7 Å². The van der Waals surface area contributed by atoms with Crippen LogP contribution in [0.25, 0.3) is 0 Å². The van der Waals surface area contributed by atoms with Crippen LogP contribution in [0.3, 0.4) is 0 Å². The van der Waals surface area contributed by atoms with E-state index < -0.39 is 24.0 Å². The van der Waals surface area contributed by atoms with Gasteiger partial charge in [-0.05, 0) is 31.9 Å². The Balaban J connectivity index is 1.64. The van der Waals surface area contributed by atoms with Crippen LogP contribution in [-0.2, 0) is 20.8 Å². The van der Waals surface area contributed by atoms with Gasteiger partial charge in [0.25, 0.3) is 0 Å². The van der Waals surface area contributed by atoms with Crippen molar-refractivity contribution >= 4 is 6.09 Å². The minimum atomic E-state index is -1.01. The van der Waals surface area contributed by atoms with Crippen molar-refractivity contribution < 1.29 is 24.1 Å². The van der Waals surface area contributed by atoms with Gasteiger partial charge in [-0.25, -0.2) is 4.79 Å². The Hall–Kier alpha value is -2.67. The van der Waals surface area contributed by atoms with E-state index in [1.807, 2.05) is 81.4 Å². The molecular weight excluding hydrogens is 394 g/mol. The van der Waals surface area contributed by atoms with Gasteiger partial charge in [-0.15, -0.1) is 0 Å². The smallest absolute Gasteiger partial charge is 0.413 e. The predicted molar refractivity (Wildman–Crippen MR) is 118 cm³/mol. The zero-order chi connectivity index (χ0) is 22.3. The standard InChI is InChI=1S/C25H31NO5/c1-25(2,3)31-24(28)26-21(20-13-8-5-9-14-20)18-30-23(26)22(27)15-10-16-29-17-19-11-6-4-7-12-19/h4-15,21-23,27H,16-18H2,1-3H3/b15-10+/t21-,22?,23+/m0/s1. The summed E-state index contributed by atoms with van der Waals surface area (Å²) < 4.78 is 17.1. The highest BCUT2D eigenvalue weighted by atomic mass is 16.6. The number of nitrogens with zero attached hydrogens (tertiary/aromatic N) is 1. The van der Waals surface area contributed by atoms with Gasteiger partial charge >= 0.3 is 6.09 Å². The molecule has 1 N–H and O–H groups in total. The first kappa shape index (κ1) is 23.0. The van der Waals surface area contributed by atoms with Crippen molar-refractivity contribution in [2.24, 2.45) is 0 Å². The summed E-state index contributed by atoms with van der Waals surface area (Å²) in [5.74, 6) is 0. The second kappa shape index (κ2) is 10.6. The van der Waals surface area contributed by atoms with Gasteiger partial charge in [0.15, 0.2) is 6.23 Å². The summed E-state index contributed by atoms with van der Waals surface area (Å²) in [6.45, 7) is 6.55. The highest BCUT2D eigenvalue weighted by Gasteiger charge is 2.43. The van der Waals surface area contributed by atoms with E-state index >= 15 is 0 Å². The Morgan fingerprint density at radius 2 is 1.81 bits per heavy atom. The van der Waals surface area contributed by atoms with Crippen LogP contribution in [0.4, 0.5) is 4.79 Å². The van der Waals surface area contributed by atoms with Gasteiger partial charge in [0.05, 0.1) is 25.9 Å². The van der Waals surface area contributed by atoms with E-state index in [9.17, 15) is 9.90 Å². The van der Waals surface area contributed by atoms with Gasteiger partial charge in [-0.3, -0.25) is 4.90 Å². The molecule has 0 spiro atoms. The molecule has 1 aliphatic heterocycles. The Kier molecular flexibility index (Phi) is 7.85. The van der Waals surface area contributed by atoms with E-state index in [1.165, 1.54) is 4.90 Å². The number of carbonyl (C=O) groups excluding carboxylic acids is 1. The summed E-state index contributed by atoms with van der Waals surface area (Å²) in [7, 11) is 0. The Labute approximate surface area is 184 Å². The number of hydrogen-bond donors (Lipinski definition) is 1. The average Bonchev–Trinajstić information content (AvgIpc) is 3.19. The highest BCUT2D eigenvalue weighted by Crippen LogP contribution is 2.33. The lowest BCUT2D eigenvalue weighted by Gasteiger charge is -2.32. The summed E-state index contributed by atoms with van der Waals surface area (Å²) in [6, 6.07) is 19.2. The first-order valence-corrected chi connectivity index (χ1v) is 10.5. The lowest BCUT2D eigenvalue weighted by atomic mass is 10.1. The second-order valence-electron chi connectivity index (χ2n) is 8.46. The Morgan fingerprint density at radius 1 is 1.16 bits per heavy atom. The summed E-state index contributed by atoms with van der Waals surface area (Å²) in [5, 5.41) is 10.7. The molecule has 0 bridgehead atoms. The molecule has 2 aromatic rings. The van der Waals surface area contributed by atoms with Gasteiger partial charge in [0, 0.05) is 0 Å². The molecule has 1 aliphatic rings. The maximum Gasteiger partial charge on any atom is 0.413 e. The second-order valence-corrected chi connectivity index (χ2v) is 8.46. The molecule has 2 aromatic carbocycles. The average molecular weight is 426 g/mol. The molecule has 6 nitrogen and oxygen atoms in total. The quantitative estimate of drug-likeness (QED) is 0.524. The number of amides is 1. The third-order valence-electron chi connectivity index (χ3n) is 4.77. The van der Waals surface area contributed by atoms with E-state index in [0.717, 1.165) is 11.1 Å². The SMILES string of the molecule is CC(C)(C)OC(=O)N1[C@@H](C(O)/C=C/COCc2ccccc2)OC[C@H]1c1ccccc1. The number of aliphatic hydroxyl groups is 1. The fourth-order valence-corrected chi connectivity index (χ4v) is 3.38. The first-order chi connectivity index (χ1) is 14.8. The van der Waals surface area contributed by atoms with Crippen molar-refractivity contribution in [2.75, 3.05) is 13.2 Å². The van der Waals surface area contributed by atoms with E-state index in [1.54, 1.807) is 12.2 Å².